The summed E-state index contributed by atoms with van der Waals surface area (Å²) in [5, 5.41) is 12.3. The Morgan fingerprint density at radius 1 is 0.276 bits per heavy atom. The Hall–Kier alpha value is -9.70. The molecule has 1 aliphatic carbocycles. The van der Waals surface area contributed by atoms with Crippen LogP contribution in [0.5, 0.6) is 0 Å². The molecule has 0 N–H and O–H groups in total. The van der Waals surface area contributed by atoms with E-state index in [2.05, 4.69) is 278 Å². The first-order valence-electron chi connectivity index (χ1n) is 26.3. The molecule has 0 unspecified atom stereocenters. The summed E-state index contributed by atoms with van der Waals surface area (Å²) in [7, 11) is 0. The Morgan fingerprint density at radius 2 is 0.724 bits per heavy atom. The van der Waals surface area contributed by atoms with Crippen LogP contribution in [0.2, 0.25) is 0 Å². The van der Waals surface area contributed by atoms with Crippen LogP contribution in [-0.4, -0.2) is 0 Å². The van der Waals surface area contributed by atoms with Gasteiger partial charge in [-0.25, -0.2) is 0 Å². The van der Waals surface area contributed by atoms with Gasteiger partial charge in [0.15, 0.2) is 0 Å². The van der Waals surface area contributed by atoms with Gasteiger partial charge in [0, 0.05) is 50.0 Å². The molecular formula is C73H50N2O. The smallest absolute Gasteiger partial charge is 0.135 e. The third kappa shape index (κ3) is 6.97. The first kappa shape index (κ1) is 43.8. The molecule has 13 aromatic carbocycles. The van der Waals surface area contributed by atoms with E-state index in [-0.39, 0.29) is 5.41 Å². The van der Waals surface area contributed by atoms with Gasteiger partial charge in [0.25, 0.3) is 0 Å². The molecule has 15 rings (SSSR count). The Balaban J connectivity index is 0.834. The molecular weight excluding hydrogens is 921 g/mol. The Kier molecular flexibility index (Phi) is 9.92. The molecule has 76 heavy (non-hydrogen) atoms. The normalized spacial score (nSPS) is 12.7. The fourth-order valence-electron chi connectivity index (χ4n) is 12.4. The lowest BCUT2D eigenvalue weighted by Crippen LogP contribution is -2.17. The van der Waals surface area contributed by atoms with Crippen LogP contribution >= 0.6 is 0 Å². The molecule has 0 amide bonds. The van der Waals surface area contributed by atoms with Crippen LogP contribution in [0.25, 0.3) is 98.4 Å². The number of rotatable bonds is 8. The average molecular weight is 971 g/mol. The maximum absolute atomic E-state index is 6.14. The Labute approximate surface area is 441 Å². The molecule has 0 bridgehead atoms. The minimum absolute atomic E-state index is 0.296. The van der Waals surface area contributed by atoms with Gasteiger partial charge in [-0.3, -0.25) is 0 Å². The lowest BCUT2D eigenvalue weighted by Gasteiger charge is -2.30. The first-order chi connectivity index (χ1) is 37.4. The van der Waals surface area contributed by atoms with E-state index in [0.29, 0.717) is 0 Å². The molecule has 1 aliphatic rings. The van der Waals surface area contributed by atoms with E-state index in [1.54, 1.807) is 0 Å². The lowest BCUT2D eigenvalue weighted by atomic mass is 9.82. The van der Waals surface area contributed by atoms with E-state index >= 15 is 0 Å². The van der Waals surface area contributed by atoms with Crippen LogP contribution in [0.1, 0.15) is 25.0 Å². The molecule has 0 aliphatic heterocycles. The first-order valence-corrected chi connectivity index (χ1v) is 26.3. The van der Waals surface area contributed by atoms with Crippen LogP contribution in [0.15, 0.2) is 271 Å². The third-order valence-electron chi connectivity index (χ3n) is 16.2. The average Bonchev–Trinajstić information content (AvgIpc) is 4.04. The van der Waals surface area contributed by atoms with E-state index in [9.17, 15) is 0 Å². The molecule has 14 aromatic rings. The van der Waals surface area contributed by atoms with E-state index in [4.69, 9.17) is 4.42 Å². The summed E-state index contributed by atoms with van der Waals surface area (Å²) < 4.78 is 6.14. The quantitative estimate of drug-likeness (QED) is 0.142. The summed E-state index contributed by atoms with van der Waals surface area (Å²) in [6, 6.07) is 97.9. The highest BCUT2D eigenvalue weighted by atomic mass is 16.3. The number of para-hydroxylation sites is 2. The monoisotopic (exact) mass is 970 g/mol. The highest BCUT2D eigenvalue weighted by molar-refractivity contribution is 6.26. The number of hydrogen-bond acceptors (Lipinski definition) is 3. The van der Waals surface area contributed by atoms with Crippen LogP contribution in [-0.2, 0) is 5.41 Å². The molecule has 1 heterocycles. The summed E-state index contributed by atoms with van der Waals surface area (Å²) in [5.74, 6) is 0. The van der Waals surface area contributed by atoms with Crippen molar-refractivity contribution in [3.05, 3.63) is 278 Å². The van der Waals surface area contributed by atoms with E-state index < -0.39 is 0 Å². The van der Waals surface area contributed by atoms with Gasteiger partial charge in [0.2, 0.25) is 0 Å². The highest BCUT2D eigenvalue weighted by Gasteiger charge is 2.37. The van der Waals surface area contributed by atoms with Gasteiger partial charge >= 0.3 is 0 Å². The zero-order valence-corrected chi connectivity index (χ0v) is 42.2. The molecule has 0 radical (unpaired) electrons. The van der Waals surface area contributed by atoms with Crippen molar-refractivity contribution < 1.29 is 4.42 Å². The second kappa shape index (κ2) is 17.2. The fourth-order valence-corrected chi connectivity index (χ4v) is 12.4. The van der Waals surface area contributed by atoms with E-state index in [0.717, 1.165) is 61.6 Å². The number of hydrogen-bond donors (Lipinski definition) is 0. The van der Waals surface area contributed by atoms with Gasteiger partial charge in [0.05, 0.1) is 5.69 Å². The summed E-state index contributed by atoms with van der Waals surface area (Å²) in [6.07, 6.45) is 0. The summed E-state index contributed by atoms with van der Waals surface area (Å²) in [6.45, 7) is 4.79. The summed E-state index contributed by atoms with van der Waals surface area (Å²) in [4.78, 5) is 4.87. The van der Waals surface area contributed by atoms with E-state index in [1.807, 2.05) is 12.1 Å². The van der Waals surface area contributed by atoms with Gasteiger partial charge in [-0.1, -0.05) is 196 Å². The topological polar surface area (TPSA) is 19.6 Å². The van der Waals surface area contributed by atoms with Gasteiger partial charge < -0.3 is 14.2 Å². The molecule has 358 valence electrons. The summed E-state index contributed by atoms with van der Waals surface area (Å²) >= 11 is 0. The van der Waals surface area contributed by atoms with Crippen molar-refractivity contribution in [1.82, 2.24) is 0 Å². The van der Waals surface area contributed by atoms with Crippen LogP contribution in [0, 0.1) is 0 Å². The molecule has 0 saturated carbocycles. The van der Waals surface area contributed by atoms with Crippen molar-refractivity contribution in [2.24, 2.45) is 0 Å². The number of nitrogens with zero attached hydrogens (tertiary/aromatic N) is 2. The maximum Gasteiger partial charge on any atom is 0.135 e. The number of furan rings is 1. The number of benzene rings is 13. The molecule has 0 saturated heterocycles. The molecule has 3 nitrogen and oxygen atoms in total. The Morgan fingerprint density at radius 3 is 1.39 bits per heavy atom. The minimum atomic E-state index is -0.296. The SMILES string of the molecule is CC1(C)c2cc(N(c3ccc(-c4ccc(-c5ccc6oc7ccccc7c6c5)cc4)cc3)c3ccc4c5ccccc5c5ccccc5c4c3)ccc2-c2ccc(N(c3ccccc3)c3cccc4ccccc34)cc21. The predicted molar refractivity (Wildman–Crippen MR) is 322 cm³/mol. The van der Waals surface area contributed by atoms with Crippen molar-refractivity contribution in [1.29, 1.82) is 0 Å². The van der Waals surface area contributed by atoms with Crippen molar-refractivity contribution >= 4 is 99.2 Å². The largest absolute Gasteiger partial charge is 0.456 e. The predicted octanol–water partition coefficient (Wildman–Crippen LogP) is 20.8. The van der Waals surface area contributed by atoms with Crippen LogP contribution in [0.3, 0.4) is 0 Å². The summed E-state index contributed by atoms with van der Waals surface area (Å²) in [5.41, 5.74) is 18.1. The maximum atomic E-state index is 6.14. The second-order valence-electron chi connectivity index (χ2n) is 20.8. The van der Waals surface area contributed by atoms with Crippen LogP contribution < -0.4 is 9.80 Å². The number of fused-ring (bicyclic) bond motifs is 13. The lowest BCUT2D eigenvalue weighted by molar-refractivity contribution is 0.660. The van der Waals surface area contributed by atoms with Gasteiger partial charge in [-0.05, 0) is 167 Å². The number of anilines is 6. The zero-order valence-electron chi connectivity index (χ0n) is 42.2. The molecule has 0 spiro atoms. The van der Waals surface area contributed by atoms with Crippen molar-refractivity contribution in [2.45, 2.75) is 19.3 Å². The van der Waals surface area contributed by atoms with Crippen molar-refractivity contribution in [2.75, 3.05) is 9.80 Å². The third-order valence-corrected chi connectivity index (χ3v) is 16.2. The Bertz CT molecular complexity index is 4570. The molecule has 0 fully saturated rings. The minimum Gasteiger partial charge on any atom is -0.456 e. The van der Waals surface area contributed by atoms with Gasteiger partial charge in [-0.15, -0.1) is 0 Å². The van der Waals surface area contributed by atoms with Gasteiger partial charge in [-0.2, -0.15) is 0 Å². The molecule has 1 aromatic heterocycles. The molecule has 0 atom stereocenters. The highest BCUT2D eigenvalue weighted by Crippen LogP contribution is 2.53. The van der Waals surface area contributed by atoms with Gasteiger partial charge in [0.1, 0.15) is 11.2 Å². The second-order valence-corrected chi connectivity index (χ2v) is 20.8. The van der Waals surface area contributed by atoms with Crippen LogP contribution in [0.4, 0.5) is 34.1 Å². The fraction of sp³-hybridized carbons (Fsp3) is 0.0411. The zero-order chi connectivity index (χ0) is 50.5. The molecule has 3 heteroatoms. The van der Waals surface area contributed by atoms with Crippen molar-refractivity contribution in [3.63, 3.8) is 0 Å². The van der Waals surface area contributed by atoms with Crippen molar-refractivity contribution in [3.8, 4) is 33.4 Å². The standard InChI is InChI=1S/C73H50N2O/c1-73(2)68-45-55(37-40-63(68)64-41-38-56(46-69(64)73)75(52-17-4-3-5-18-52)70-25-14-16-50-15-6-7-19-57(50)70)74(54-36-39-62-60-22-9-8-20-58(60)59-21-10-11-23-61(59)66(62)44-54)53-34-31-48(32-35-53)47-27-29-49(30-28-47)51-33-42-72-67(43-51)65-24-12-13-26-71(65)76-72/h3-46H,1-2H3. The van der Waals surface area contributed by atoms with E-state index in [1.165, 1.54) is 82.0 Å².